The molecule has 0 saturated carbocycles. The van der Waals surface area contributed by atoms with Crippen LogP contribution in [0.2, 0.25) is 0 Å². The van der Waals surface area contributed by atoms with Crippen LogP contribution in [0.3, 0.4) is 0 Å². The molecule has 1 N–H and O–H groups in total. The van der Waals surface area contributed by atoms with Crippen molar-refractivity contribution in [2.45, 2.75) is 39.8 Å². The minimum absolute atomic E-state index is 0.477. The first-order valence-electron chi connectivity index (χ1n) is 6.26. The first kappa shape index (κ1) is 13.0. The van der Waals surface area contributed by atoms with Crippen LogP contribution in [0.1, 0.15) is 31.5 Å². The molecule has 1 fully saturated rings. The Kier molecular flexibility index (Phi) is 3.83. The second-order valence-corrected chi connectivity index (χ2v) is 6.87. The molecule has 0 spiro atoms. The number of aromatic nitrogens is 2. The number of hydrogen-bond donors (Lipinski definition) is 1. The molecule has 1 atom stereocenters. The van der Waals surface area contributed by atoms with Crippen LogP contribution in [0.5, 0.6) is 0 Å². The molecule has 0 aromatic carbocycles. The van der Waals surface area contributed by atoms with E-state index >= 15 is 0 Å². The zero-order valence-corrected chi connectivity index (χ0v) is 12.1. The number of nitrogens with one attached hydrogen (secondary N) is 1. The highest BCUT2D eigenvalue weighted by Gasteiger charge is 2.28. The van der Waals surface area contributed by atoms with Crippen molar-refractivity contribution in [1.82, 2.24) is 15.1 Å². The van der Waals surface area contributed by atoms with E-state index in [2.05, 4.69) is 42.9 Å². The van der Waals surface area contributed by atoms with E-state index in [0.29, 0.717) is 11.5 Å². The van der Waals surface area contributed by atoms with Crippen molar-refractivity contribution < 1.29 is 0 Å². The van der Waals surface area contributed by atoms with Crippen molar-refractivity contribution in [3.8, 4) is 0 Å². The van der Waals surface area contributed by atoms with Gasteiger partial charge in [0, 0.05) is 36.6 Å². The third kappa shape index (κ3) is 3.26. The van der Waals surface area contributed by atoms with Crippen molar-refractivity contribution in [2.75, 3.05) is 11.5 Å². The Morgan fingerprint density at radius 3 is 2.94 bits per heavy atom. The fourth-order valence-corrected chi connectivity index (χ4v) is 3.67. The quantitative estimate of drug-likeness (QED) is 0.897. The van der Waals surface area contributed by atoms with E-state index in [1.807, 2.05) is 17.9 Å². The van der Waals surface area contributed by atoms with Gasteiger partial charge in [-0.25, -0.2) is 0 Å². The van der Waals surface area contributed by atoms with E-state index in [1.54, 1.807) is 0 Å². The number of hydrogen-bond acceptors (Lipinski definition) is 3. The lowest BCUT2D eigenvalue weighted by Crippen LogP contribution is -2.40. The highest BCUT2D eigenvalue weighted by molar-refractivity contribution is 7.99. The van der Waals surface area contributed by atoms with Crippen molar-refractivity contribution in [2.24, 2.45) is 12.5 Å². The highest BCUT2D eigenvalue weighted by atomic mass is 32.2. The third-order valence-corrected chi connectivity index (χ3v) is 5.15. The minimum atomic E-state index is 0.477. The molecule has 1 saturated heterocycles. The molecule has 1 aliphatic rings. The molecule has 0 radical (unpaired) electrons. The zero-order chi connectivity index (χ0) is 12.5. The third-order valence-electron chi connectivity index (χ3n) is 3.53. The average Bonchev–Trinajstić information content (AvgIpc) is 2.56. The maximum Gasteiger partial charge on any atom is 0.0537 e. The second-order valence-electron chi connectivity index (χ2n) is 5.84. The van der Waals surface area contributed by atoms with Gasteiger partial charge in [0.2, 0.25) is 0 Å². The van der Waals surface area contributed by atoms with Crippen molar-refractivity contribution >= 4 is 11.8 Å². The summed E-state index contributed by atoms with van der Waals surface area (Å²) in [7, 11) is 2.00. The summed E-state index contributed by atoms with van der Waals surface area (Å²) in [6.45, 7) is 7.80. The van der Waals surface area contributed by atoms with Crippen LogP contribution in [0.25, 0.3) is 0 Å². The van der Waals surface area contributed by atoms with Gasteiger partial charge in [0.05, 0.1) is 6.20 Å². The van der Waals surface area contributed by atoms with Crippen molar-refractivity contribution in [1.29, 1.82) is 0 Å². The summed E-state index contributed by atoms with van der Waals surface area (Å²) in [5.41, 5.74) is 3.06. The smallest absolute Gasteiger partial charge is 0.0537 e. The summed E-state index contributed by atoms with van der Waals surface area (Å²) >= 11 is 2.07. The molecule has 0 amide bonds. The van der Waals surface area contributed by atoms with Gasteiger partial charge in [0.15, 0.2) is 0 Å². The van der Waals surface area contributed by atoms with Crippen LogP contribution in [0.4, 0.5) is 0 Å². The summed E-state index contributed by atoms with van der Waals surface area (Å²) in [4.78, 5) is 0. The van der Waals surface area contributed by atoms with E-state index in [-0.39, 0.29) is 0 Å². The van der Waals surface area contributed by atoms with E-state index in [1.165, 1.54) is 29.2 Å². The Hall–Kier alpha value is -0.480. The molecule has 1 unspecified atom stereocenters. The van der Waals surface area contributed by atoms with Gasteiger partial charge in [0.25, 0.3) is 0 Å². The van der Waals surface area contributed by atoms with Crippen LogP contribution in [-0.2, 0) is 13.6 Å². The molecule has 0 aliphatic carbocycles. The monoisotopic (exact) mass is 253 g/mol. The SMILES string of the molecule is Cc1c(CNC2CSCC(C)(C)C2)cnn1C. The lowest BCUT2D eigenvalue weighted by atomic mass is 9.88. The van der Waals surface area contributed by atoms with Gasteiger partial charge in [-0.3, -0.25) is 4.68 Å². The molecule has 1 aromatic heterocycles. The lowest BCUT2D eigenvalue weighted by molar-refractivity contribution is 0.317. The average molecular weight is 253 g/mol. The number of rotatable bonds is 3. The predicted octanol–water partition coefficient (Wildman–Crippen LogP) is 2.35. The maximum absolute atomic E-state index is 4.28. The highest BCUT2D eigenvalue weighted by Crippen LogP contribution is 2.33. The van der Waals surface area contributed by atoms with Crippen molar-refractivity contribution in [3.63, 3.8) is 0 Å². The van der Waals surface area contributed by atoms with Gasteiger partial charge in [0.1, 0.15) is 0 Å². The standard InChI is InChI=1S/C13H23N3S/c1-10-11(7-15-16(10)4)6-14-12-5-13(2,3)9-17-8-12/h7,12,14H,5-6,8-9H2,1-4H3. The normalized spacial score (nSPS) is 23.9. The molecule has 0 bridgehead atoms. The Morgan fingerprint density at radius 2 is 2.35 bits per heavy atom. The maximum atomic E-state index is 4.28. The Morgan fingerprint density at radius 1 is 1.59 bits per heavy atom. The summed E-state index contributed by atoms with van der Waals surface area (Å²) in [6.07, 6.45) is 3.25. The first-order chi connectivity index (χ1) is 7.98. The van der Waals surface area contributed by atoms with Gasteiger partial charge in [-0.05, 0) is 24.5 Å². The van der Waals surface area contributed by atoms with E-state index in [0.717, 1.165) is 6.54 Å². The topological polar surface area (TPSA) is 29.9 Å². The van der Waals surface area contributed by atoms with E-state index in [4.69, 9.17) is 0 Å². The summed E-state index contributed by atoms with van der Waals surface area (Å²) < 4.78 is 1.94. The molecule has 17 heavy (non-hydrogen) atoms. The van der Waals surface area contributed by atoms with Crippen LogP contribution < -0.4 is 5.32 Å². The summed E-state index contributed by atoms with van der Waals surface area (Å²) in [6, 6.07) is 0.642. The Balaban J connectivity index is 1.88. The fraction of sp³-hybridized carbons (Fsp3) is 0.769. The first-order valence-corrected chi connectivity index (χ1v) is 7.42. The molecule has 1 aliphatic heterocycles. The number of nitrogens with zero attached hydrogens (tertiary/aromatic N) is 2. The molecular formula is C13H23N3S. The molecule has 96 valence electrons. The van der Waals surface area contributed by atoms with E-state index in [9.17, 15) is 0 Å². The predicted molar refractivity (Wildman–Crippen MR) is 74.3 cm³/mol. The van der Waals surface area contributed by atoms with Gasteiger partial charge in [-0.1, -0.05) is 13.8 Å². The van der Waals surface area contributed by atoms with Gasteiger partial charge < -0.3 is 5.32 Å². The van der Waals surface area contributed by atoms with Gasteiger partial charge in [-0.15, -0.1) is 0 Å². The molecule has 1 aromatic rings. The van der Waals surface area contributed by atoms with Crippen LogP contribution >= 0.6 is 11.8 Å². The van der Waals surface area contributed by atoms with Gasteiger partial charge in [-0.2, -0.15) is 16.9 Å². The number of thioether (sulfide) groups is 1. The van der Waals surface area contributed by atoms with Crippen LogP contribution in [-0.4, -0.2) is 27.3 Å². The Labute approximate surface area is 108 Å². The second kappa shape index (κ2) is 5.02. The molecule has 3 nitrogen and oxygen atoms in total. The van der Waals surface area contributed by atoms with Gasteiger partial charge >= 0.3 is 0 Å². The minimum Gasteiger partial charge on any atom is -0.309 e. The summed E-state index contributed by atoms with van der Waals surface area (Å²) in [5.74, 6) is 2.53. The number of aryl methyl sites for hydroxylation is 1. The zero-order valence-electron chi connectivity index (χ0n) is 11.3. The Bertz CT molecular complexity index is 384. The van der Waals surface area contributed by atoms with E-state index < -0.39 is 0 Å². The molecular weight excluding hydrogens is 230 g/mol. The fourth-order valence-electron chi connectivity index (χ4n) is 2.37. The largest absolute Gasteiger partial charge is 0.309 e. The lowest BCUT2D eigenvalue weighted by Gasteiger charge is -2.35. The van der Waals surface area contributed by atoms with Crippen LogP contribution in [0.15, 0.2) is 6.20 Å². The summed E-state index contributed by atoms with van der Waals surface area (Å²) in [5, 5.41) is 7.95. The molecule has 2 rings (SSSR count). The van der Waals surface area contributed by atoms with Crippen molar-refractivity contribution in [3.05, 3.63) is 17.5 Å². The molecule has 2 heterocycles. The molecule has 4 heteroatoms. The van der Waals surface area contributed by atoms with Crippen LogP contribution in [0, 0.1) is 12.3 Å².